The molecular formula is C19H22O2. The van der Waals surface area contributed by atoms with Gasteiger partial charge in [0, 0.05) is 0 Å². The fourth-order valence-corrected chi connectivity index (χ4v) is 2.98. The average molecular weight is 282 g/mol. The van der Waals surface area contributed by atoms with Crippen molar-refractivity contribution in [2.45, 2.75) is 45.3 Å². The van der Waals surface area contributed by atoms with Crippen molar-refractivity contribution in [3.05, 3.63) is 64.7 Å². The molecule has 0 heterocycles. The van der Waals surface area contributed by atoms with Gasteiger partial charge in [0.1, 0.15) is 11.9 Å². The molecule has 0 fully saturated rings. The SMILES string of the molecule is CC(C)Oc1cccc(C(O)c2ccc3c(c2)CCC3)c1. The monoisotopic (exact) mass is 282 g/mol. The van der Waals surface area contributed by atoms with Crippen molar-refractivity contribution in [1.29, 1.82) is 0 Å². The summed E-state index contributed by atoms with van der Waals surface area (Å²) in [5.74, 6) is 0.808. The van der Waals surface area contributed by atoms with Crippen molar-refractivity contribution in [2.75, 3.05) is 0 Å². The lowest BCUT2D eigenvalue weighted by Gasteiger charge is -2.15. The van der Waals surface area contributed by atoms with Gasteiger partial charge in [0.15, 0.2) is 0 Å². The normalized spacial score (nSPS) is 15.0. The minimum absolute atomic E-state index is 0.136. The summed E-state index contributed by atoms with van der Waals surface area (Å²) in [7, 11) is 0. The molecule has 0 spiro atoms. The number of ether oxygens (including phenoxy) is 1. The van der Waals surface area contributed by atoms with Crippen LogP contribution in [0, 0.1) is 0 Å². The number of hydrogen-bond acceptors (Lipinski definition) is 2. The standard InChI is InChI=1S/C19H22O2/c1-13(2)21-18-8-4-7-16(12-18)19(20)17-10-9-14-5-3-6-15(14)11-17/h4,7-13,19-20H,3,5-6H2,1-2H3. The minimum Gasteiger partial charge on any atom is -0.491 e. The molecule has 0 radical (unpaired) electrons. The van der Waals surface area contributed by atoms with Gasteiger partial charge in [-0.15, -0.1) is 0 Å². The molecule has 0 saturated heterocycles. The maximum atomic E-state index is 10.6. The molecule has 0 amide bonds. The number of hydrogen-bond donors (Lipinski definition) is 1. The summed E-state index contributed by atoms with van der Waals surface area (Å²) in [4.78, 5) is 0. The van der Waals surface area contributed by atoms with Gasteiger partial charge in [-0.3, -0.25) is 0 Å². The topological polar surface area (TPSA) is 29.5 Å². The summed E-state index contributed by atoms with van der Waals surface area (Å²) in [6, 6.07) is 14.1. The Labute approximate surface area is 126 Å². The van der Waals surface area contributed by atoms with Crippen LogP contribution in [0.3, 0.4) is 0 Å². The summed E-state index contributed by atoms with van der Waals surface area (Å²) in [5.41, 5.74) is 4.67. The van der Waals surface area contributed by atoms with Gasteiger partial charge < -0.3 is 9.84 Å². The van der Waals surface area contributed by atoms with E-state index in [-0.39, 0.29) is 6.10 Å². The van der Waals surface area contributed by atoms with Gasteiger partial charge in [-0.25, -0.2) is 0 Å². The highest BCUT2D eigenvalue weighted by molar-refractivity contribution is 5.40. The van der Waals surface area contributed by atoms with E-state index in [4.69, 9.17) is 4.74 Å². The third-order valence-corrected chi connectivity index (χ3v) is 3.98. The molecule has 2 aromatic rings. The highest BCUT2D eigenvalue weighted by Crippen LogP contribution is 2.29. The number of rotatable bonds is 4. The second-order valence-electron chi connectivity index (χ2n) is 6.02. The Kier molecular flexibility index (Phi) is 3.98. The third kappa shape index (κ3) is 3.11. The Morgan fingerprint density at radius 3 is 2.52 bits per heavy atom. The van der Waals surface area contributed by atoms with Crippen LogP contribution in [0.2, 0.25) is 0 Å². The first-order chi connectivity index (χ1) is 10.1. The molecule has 0 saturated carbocycles. The first-order valence-corrected chi connectivity index (χ1v) is 7.70. The Morgan fingerprint density at radius 2 is 1.71 bits per heavy atom. The largest absolute Gasteiger partial charge is 0.491 e. The zero-order valence-electron chi connectivity index (χ0n) is 12.7. The van der Waals surface area contributed by atoms with E-state index in [1.54, 1.807) is 0 Å². The van der Waals surface area contributed by atoms with E-state index >= 15 is 0 Å². The molecule has 1 aliphatic rings. The Balaban J connectivity index is 1.86. The lowest BCUT2D eigenvalue weighted by Crippen LogP contribution is -2.06. The number of fused-ring (bicyclic) bond motifs is 1. The van der Waals surface area contributed by atoms with E-state index in [0.29, 0.717) is 0 Å². The molecule has 21 heavy (non-hydrogen) atoms. The van der Waals surface area contributed by atoms with Gasteiger partial charge in [-0.05, 0) is 67.5 Å². The summed E-state index contributed by atoms with van der Waals surface area (Å²) >= 11 is 0. The Morgan fingerprint density at radius 1 is 0.952 bits per heavy atom. The van der Waals surface area contributed by atoms with Crippen LogP contribution in [0.1, 0.15) is 48.6 Å². The Bertz CT molecular complexity index is 631. The first-order valence-electron chi connectivity index (χ1n) is 7.70. The van der Waals surface area contributed by atoms with E-state index in [9.17, 15) is 5.11 Å². The van der Waals surface area contributed by atoms with Crippen LogP contribution in [0.4, 0.5) is 0 Å². The number of aliphatic hydroxyl groups excluding tert-OH is 1. The van der Waals surface area contributed by atoms with Crippen LogP contribution in [-0.2, 0) is 12.8 Å². The first kappa shape index (κ1) is 14.2. The second-order valence-corrected chi connectivity index (χ2v) is 6.02. The molecule has 2 heteroatoms. The lowest BCUT2D eigenvalue weighted by atomic mass is 9.98. The van der Waals surface area contributed by atoms with E-state index in [1.165, 1.54) is 24.0 Å². The second kappa shape index (κ2) is 5.90. The fraction of sp³-hybridized carbons (Fsp3) is 0.368. The van der Waals surface area contributed by atoms with Crippen molar-refractivity contribution < 1.29 is 9.84 Å². The quantitative estimate of drug-likeness (QED) is 0.917. The van der Waals surface area contributed by atoms with Crippen LogP contribution in [0.5, 0.6) is 5.75 Å². The summed E-state index contributed by atoms with van der Waals surface area (Å²) in [5, 5.41) is 10.6. The van der Waals surface area contributed by atoms with E-state index in [0.717, 1.165) is 23.3 Å². The molecule has 3 rings (SSSR count). The van der Waals surface area contributed by atoms with Crippen molar-refractivity contribution in [2.24, 2.45) is 0 Å². The van der Waals surface area contributed by atoms with Gasteiger partial charge in [0.2, 0.25) is 0 Å². The van der Waals surface area contributed by atoms with Gasteiger partial charge in [-0.2, -0.15) is 0 Å². The molecule has 0 aliphatic heterocycles. The summed E-state index contributed by atoms with van der Waals surface area (Å²) in [6.45, 7) is 4.01. The van der Waals surface area contributed by atoms with Gasteiger partial charge >= 0.3 is 0 Å². The van der Waals surface area contributed by atoms with Gasteiger partial charge in [-0.1, -0.05) is 30.3 Å². The maximum absolute atomic E-state index is 10.6. The van der Waals surface area contributed by atoms with Crippen LogP contribution in [0.15, 0.2) is 42.5 Å². The Hall–Kier alpha value is -1.80. The fourth-order valence-electron chi connectivity index (χ4n) is 2.98. The van der Waals surface area contributed by atoms with E-state index < -0.39 is 6.10 Å². The molecule has 1 N–H and O–H groups in total. The molecule has 1 aliphatic carbocycles. The predicted molar refractivity (Wildman–Crippen MR) is 84.7 cm³/mol. The number of aliphatic hydroxyl groups is 1. The van der Waals surface area contributed by atoms with Gasteiger partial charge in [0.05, 0.1) is 6.10 Å². The lowest BCUT2D eigenvalue weighted by molar-refractivity contribution is 0.216. The zero-order chi connectivity index (χ0) is 14.8. The van der Waals surface area contributed by atoms with Crippen LogP contribution < -0.4 is 4.74 Å². The average Bonchev–Trinajstić information content (AvgIpc) is 2.93. The smallest absolute Gasteiger partial charge is 0.120 e. The highest BCUT2D eigenvalue weighted by Gasteiger charge is 2.16. The molecule has 0 bridgehead atoms. The van der Waals surface area contributed by atoms with Crippen LogP contribution in [-0.4, -0.2) is 11.2 Å². The van der Waals surface area contributed by atoms with Crippen molar-refractivity contribution >= 4 is 0 Å². The molecule has 1 unspecified atom stereocenters. The number of benzene rings is 2. The third-order valence-electron chi connectivity index (χ3n) is 3.98. The van der Waals surface area contributed by atoms with E-state index in [1.807, 2.05) is 44.2 Å². The van der Waals surface area contributed by atoms with Crippen molar-refractivity contribution in [1.82, 2.24) is 0 Å². The molecule has 1 atom stereocenters. The van der Waals surface area contributed by atoms with Crippen LogP contribution >= 0.6 is 0 Å². The van der Waals surface area contributed by atoms with E-state index in [2.05, 4.69) is 12.1 Å². The van der Waals surface area contributed by atoms with Gasteiger partial charge in [0.25, 0.3) is 0 Å². The molecule has 110 valence electrons. The minimum atomic E-state index is -0.591. The molecular weight excluding hydrogens is 260 g/mol. The summed E-state index contributed by atoms with van der Waals surface area (Å²) < 4.78 is 5.70. The molecule has 2 nitrogen and oxygen atoms in total. The highest BCUT2D eigenvalue weighted by atomic mass is 16.5. The molecule has 0 aromatic heterocycles. The molecule has 2 aromatic carbocycles. The van der Waals surface area contributed by atoms with Crippen molar-refractivity contribution in [3.8, 4) is 5.75 Å². The predicted octanol–water partition coefficient (Wildman–Crippen LogP) is 4.04. The zero-order valence-corrected chi connectivity index (χ0v) is 12.7. The van der Waals surface area contributed by atoms with Crippen molar-refractivity contribution in [3.63, 3.8) is 0 Å². The van der Waals surface area contributed by atoms with Crippen LogP contribution in [0.25, 0.3) is 0 Å². The summed E-state index contributed by atoms with van der Waals surface area (Å²) in [6.07, 6.45) is 3.08. The maximum Gasteiger partial charge on any atom is 0.120 e. The number of aryl methyl sites for hydroxylation is 2.